The second kappa shape index (κ2) is 7.37. The molecule has 1 saturated heterocycles. The van der Waals surface area contributed by atoms with Gasteiger partial charge in [-0.25, -0.2) is 0 Å². The highest BCUT2D eigenvalue weighted by atomic mass is 19.4. The van der Waals surface area contributed by atoms with Gasteiger partial charge in [0.25, 0.3) is 0 Å². The molecule has 1 unspecified atom stereocenters. The second-order valence-electron chi connectivity index (χ2n) is 7.38. The average Bonchev–Trinajstić information content (AvgIpc) is 3.04. The van der Waals surface area contributed by atoms with Crippen LogP contribution in [0.2, 0.25) is 0 Å². The molecule has 1 aliphatic heterocycles. The van der Waals surface area contributed by atoms with Gasteiger partial charge in [-0.05, 0) is 38.1 Å². The monoisotopic (exact) mass is 420 g/mol. The average molecular weight is 420 g/mol. The summed E-state index contributed by atoms with van der Waals surface area (Å²) in [5.74, 6) is -0.732. The molecule has 0 saturated carbocycles. The number of rotatable bonds is 4. The molecule has 0 aliphatic carbocycles. The van der Waals surface area contributed by atoms with Crippen LogP contribution in [0.3, 0.4) is 0 Å². The molecule has 1 aromatic carbocycles. The first-order chi connectivity index (χ1) is 14.1. The van der Waals surface area contributed by atoms with E-state index < -0.39 is 23.3 Å². The lowest BCUT2D eigenvalue weighted by atomic mass is 10.0. The Morgan fingerprint density at radius 1 is 1.20 bits per heavy atom. The molecular formula is C20H19F3N4O3. The van der Waals surface area contributed by atoms with Crippen molar-refractivity contribution in [2.45, 2.75) is 31.9 Å². The summed E-state index contributed by atoms with van der Waals surface area (Å²) in [5, 5.41) is 22.9. The highest BCUT2D eigenvalue weighted by Crippen LogP contribution is 2.38. The van der Waals surface area contributed by atoms with E-state index in [1.165, 1.54) is 12.3 Å². The number of phenolic OH excluding ortho intramolecular Hbond substituents is 1. The third-order valence-electron chi connectivity index (χ3n) is 4.73. The molecule has 0 bridgehead atoms. The van der Waals surface area contributed by atoms with E-state index in [-0.39, 0.29) is 17.4 Å². The van der Waals surface area contributed by atoms with Gasteiger partial charge >= 0.3 is 6.18 Å². The third-order valence-corrected chi connectivity index (χ3v) is 4.73. The number of hydrogen-bond donors (Lipinski definition) is 2. The number of pyridine rings is 1. The van der Waals surface area contributed by atoms with Gasteiger partial charge in [0.05, 0.1) is 12.2 Å². The molecule has 30 heavy (non-hydrogen) atoms. The molecule has 0 amide bonds. The third kappa shape index (κ3) is 4.01. The molecule has 0 radical (unpaired) electrons. The van der Waals surface area contributed by atoms with Crippen molar-refractivity contribution in [3.05, 3.63) is 42.2 Å². The van der Waals surface area contributed by atoms with Gasteiger partial charge in [-0.1, -0.05) is 0 Å². The Balaban J connectivity index is 1.66. The standard InChI is InChI=1S/C20H19F3N4O3/c1-19(2)29-10-12(30-19)8-25-18-15-9-24-6-5-13(15)17(26-27-18)14-4-3-11(7-16(14)28)20(21,22)23/h3-7,9,12,28H,8,10H2,1-2H3,(H,25,27). The number of anilines is 1. The summed E-state index contributed by atoms with van der Waals surface area (Å²) in [4.78, 5) is 4.11. The number of alkyl halides is 3. The Hall–Kier alpha value is -2.98. The fraction of sp³-hybridized carbons (Fsp3) is 0.350. The molecule has 1 atom stereocenters. The lowest BCUT2D eigenvalue weighted by Gasteiger charge is -2.18. The van der Waals surface area contributed by atoms with Gasteiger partial charge in [-0.15, -0.1) is 10.2 Å². The van der Waals surface area contributed by atoms with Crippen molar-refractivity contribution >= 4 is 16.6 Å². The Morgan fingerprint density at radius 2 is 2.00 bits per heavy atom. The van der Waals surface area contributed by atoms with Gasteiger partial charge in [-0.2, -0.15) is 13.2 Å². The predicted octanol–water partition coefficient (Wildman–Crippen LogP) is 3.98. The van der Waals surface area contributed by atoms with Crippen LogP contribution in [0, 0.1) is 0 Å². The van der Waals surface area contributed by atoms with E-state index in [1.807, 2.05) is 13.8 Å². The highest BCUT2D eigenvalue weighted by Gasteiger charge is 2.33. The SMILES string of the molecule is CC1(C)OCC(CNc2nnc(-c3ccc(C(F)(F)F)cc3O)c3ccncc23)O1. The summed E-state index contributed by atoms with van der Waals surface area (Å²) in [5.41, 5.74) is -0.541. The zero-order chi connectivity index (χ0) is 21.5. The normalized spacial score (nSPS) is 18.6. The fourth-order valence-electron chi connectivity index (χ4n) is 3.31. The Labute approximate surface area is 169 Å². The van der Waals surface area contributed by atoms with Gasteiger partial charge in [0.2, 0.25) is 0 Å². The van der Waals surface area contributed by atoms with Crippen LogP contribution in [0.4, 0.5) is 19.0 Å². The number of halogens is 3. The molecule has 2 aromatic heterocycles. The van der Waals surface area contributed by atoms with Crippen molar-refractivity contribution in [1.29, 1.82) is 0 Å². The maximum Gasteiger partial charge on any atom is 0.416 e. The van der Waals surface area contributed by atoms with E-state index in [2.05, 4.69) is 20.5 Å². The number of ether oxygens (including phenoxy) is 2. The minimum absolute atomic E-state index is 0.146. The zero-order valence-corrected chi connectivity index (χ0v) is 16.2. The van der Waals surface area contributed by atoms with Crippen LogP contribution in [0.1, 0.15) is 19.4 Å². The number of phenols is 1. The first kappa shape index (κ1) is 20.3. The Kier molecular flexibility index (Phi) is 4.99. The molecule has 1 fully saturated rings. The van der Waals surface area contributed by atoms with Gasteiger partial charge in [0, 0.05) is 35.3 Å². The van der Waals surface area contributed by atoms with Crippen molar-refractivity contribution in [2.75, 3.05) is 18.5 Å². The smallest absolute Gasteiger partial charge is 0.416 e. The molecule has 0 spiro atoms. The number of nitrogens with zero attached hydrogens (tertiary/aromatic N) is 3. The molecule has 3 aromatic rings. The number of nitrogens with one attached hydrogen (secondary N) is 1. The van der Waals surface area contributed by atoms with Crippen molar-refractivity contribution in [3.8, 4) is 17.0 Å². The fourth-order valence-corrected chi connectivity index (χ4v) is 3.31. The number of hydrogen-bond acceptors (Lipinski definition) is 7. The first-order valence-electron chi connectivity index (χ1n) is 9.21. The van der Waals surface area contributed by atoms with Crippen LogP contribution >= 0.6 is 0 Å². The quantitative estimate of drug-likeness (QED) is 0.660. The van der Waals surface area contributed by atoms with Crippen molar-refractivity contribution < 1.29 is 27.8 Å². The Bertz CT molecular complexity index is 1090. The number of fused-ring (bicyclic) bond motifs is 1. The van der Waals surface area contributed by atoms with Gasteiger partial charge in [0.1, 0.15) is 17.5 Å². The predicted molar refractivity (Wildman–Crippen MR) is 103 cm³/mol. The van der Waals surface area contributed by atoms with Crippen LogP contribution in [-0.2, 0) is 15.7 Å². The summed E-state index contributed by atoms with van der Waals surface area (Å²) in [6, 6.07) is 4.42. The minimum Gasteiger partial charge on any atom is -0.507 e. The van der Waals surface area contributed by atoms with E-state index in [0.717, 1.165) is 6.07 Å². The zero-order valence-electron chi connectivity index (χ0n) is 16.2. The van der Waals surface area contributed by atoms with E-state index in [0.29, 0.717) is 35.8 Å². The molecule has 3 heterocycles. The molecule has 158 valence electrons. The summed E-state index contributed by atoms with van der Waals surface area (Å²) >= 11 is 0. The summed E-state index contributed by atoms with van der Waals surface area (Å²) in [6.45, 7) is 4.52. The second-order valence-corrected chi connectivity index (χ2v) is 7.38. The van der Waals surface area contributed by atoms with Crippen molar-refractivity contribution in [1.82, 2.24) is 15.2 Å². The topological polar surface area (TPSA) is 89.4 Å². The molecule has 7 nitrogen and oxygen atoms in total. The van der Waals surface area contributed by atoms with E-state index in [9.17, 15) is 18.3 Å². The van der Waals surface area contributed by atoms with Crippen LogP contribution < -0.4 is 5.32 Å². The number of aromatic hydroxyl groups is 1. The number of aromatic nitrogens is 3. The molecular weight excluding hydrogens is 401 g/mol. The Morgan fingerprint density at radius 3 is 2.67 bits per heavy atom. The van der Waals surface area contributed by atoms with Gasteiger partial charge in [-0.3, -0.25) is 4.98 Å². The van der Waals surface area contributed by atoms with Gasteiger partial charge in [0.15, 0.2) is 11.6 Å². The van der Waals surface area contributed by atoms with Crippen molar-refractivity contribution in [3.63, 3.8) is 0 Å². The largest absolute Gasteiger partial charge is 0.507 e. The highest BCUT2D eigenvalue weighted by molar-refractivity contribution is 6.00. The molecule has 10 heteroatoms. The number of benzene rings is 1. The van der Waals surface area contributed by atoms with E-state index in [1.54, 1.807) is 12.3 Å². The first-order valence-corrected chi connectivity index (χ1v) is 9.21. The summed E-state index contributed by atoms with van der Waals surface area (Å²) < 4.78 is 50.0. The van der Waals surface area contributed by atoms with Gasteiger partial charge < -0.3 is 19.9 Å². The maximum atomic E-state index is 12.9. The van der Waals surface area contributed by atoms with Crippen LogP contribution in [0.25, 0.3) is 22.0 Å². The molecule has 1 aliphatic rings. The van der Waals surface area contributed by atoms with Crippen LogP contribution in [0.15, 0.2) is 36.7 Å². The van der Waals surface area contributed by atoms with Crippen LogP contribution in [-0.4, -0.2) is 45.3 Å². The molecule has 4 rings (SSSR count). The lowest BCUT2D eigenvalue weighted by Crippen LogP contribution is -2.26. The lowest BCUT2D eigenvalue weighted by molar-refractivity contribution is -0.138. The van der Waals surface area contributed by atoms with E-state index in [4.69, 9.17) is 9.47 Å². The van der Waals surface area contributed by atoms with E-state index >= 15 is 0 Å². The van der Waals surface area contributed by atoms with Crippen molar-refractivity contribution in [2.24, 2.45) is 0 Å². The maximum absolute atomic E-state index is 12.9. The summed E-state index contributed by atoms with van der Waals surface area (Å²) in [7, 11) is 0. The molecule has 2 N–H and O–H groups in total. The summed E-state index contributed by atoms with van der Waals surface area (Å²) in [6.07, 6.45) is -1.61. The minimum atomic E-state index is -4.55. The van der Waals surface area contributed by atoms with Crippen LogP contribution in [0.5, 0.6) is 5.75 Å².